The molecule has 0 unspecified atom stereocenters. The highest BCUT2D eigenvalue weighted by Gasteiger charge is 2.28. The molecule has 0 aliphatic heterocycles. The van der Waals surface area contributed by atoms with E-state index in [4.69, 9.17) is 21.1 Å². The first-order valence-corrected chi connectivity index (χ1v) is 16.4. The molecule has 1 aliphatic rings. The van der Waals surface area contributed by atoms with E-state index in [0.717, 1.165) is 66.6 Å². The number of unbranched alkanes of at least 4 members (excludes halogenated alkanes) is 1. The fourth-order valence-corrected chi connectivity index (χ4v) is 6.21. The van der Waals surface area contributed by atoms with E-state index in [1.807, 2.05) is 41.3 Å². The largest absolute Gasteiger partial charge is 0.488 e. The third kappa shape index (κ3) is 9.07. The van der Waals surface area contributed by atoms with Crippen LogP contribution in [0.4, 0.5) is 4.39 Å². The second-order valence-corrected chi connectivity index (χ2v) is 12.0. The molecular formula is C37H40ClFN4O4. The van der Waals surface area contributed by atoms with Gasteiger partial charge in [-0.05, 0) is 73.7 Å². The second kappa shape index (κ2) is 17.2. The highest BCUT2D eigenvalue weighted by Crippen LogP contribution is 2.43. The van der Waals surface area contributed by atoms with E-state index >= 15 is 0 Å². The average Bonchev–Trinajstić information content (AvgIpc) is 3.50. The minimum Gasteiger partial charge on any atom is -0.488 e. The highest BCUT2D eigenvalue weighted by atomic mass is 35.5. The molecule has 0 saturated heterocycles. The van der Waals surface area contributed by atoms with Crippen LogP contribution in [0.1, 0.15) is 53.2 Å². The molecule has 0 saturated carbocycles. The molecular weight excluding hydrogens is 619 g/mol. The Morgan fingerprint density at radius 3 is 2.57 bits per heavy atom. The Hall–Kier alpha value is -4.04. The zero-order chi connectivity index (χ0) is 33.0. The van der Waals surface area contributed by atoms with E-state index < -0.39 is 0 Å². The molecule has 0 radical (unpaired) electrons. The van der Waals surface area contributed by atoms with E-state index in [1.165, 1.54) is 12.3 Å². The number of nitriles is 1. The first-order chi connectivity index (χ1) is 23.0. The van der Waals surface area contributed by atoms with Gasteiger partial charge in [0.2, 0.25) is 0 Å². The van der Waals surface area contributed by atoms with Crippen LogP contribution in [0.3, 0.4) is 0 Å². The van der Waals surface area contributed by atoms with Crippen LogP contribution in [0, 0.1) is 17.1 Å². The summed E-state index contributed by atoms with van der Waals surface area (Å²) < 4.78 is 27.5. The van der Waals surface area contributed by atoms with Crippen molar-refractivity contribution in [3.63, 3.8) is 0 Å². The number of benzene rings is 3. The van der Waals surface area contributed by atoms with Gasteiger partial charge in [0.05, 0.1) is 23.8 Å². The third-order valence-electron chi connectivity index (χ3n) is 8.31. The number of rotatable bonds is 17. The molecule has 3 aromatic carbocycles. The summed E-state index contributed by atoms with van der Waals surface area (Å²) >= 11 is 6.82. The quantitative estimate of drug-likeness (QED) is 0.115. The van der Waals surface area contributed by atoms with Crippen molar-refractivity contribution in [1.29, 1.82) is 5.26 Å². The van der Waals surface area contributed by atoms with Crippen molar-refractivity contribution in [3.8, 4) is 28.7 Å². The van der Waals surface area contributed by atoms with Crippen molar-refractivity contribution >= 4 is 11.6 Å². The minimum absolute atomic E-state index is 0.0698. The van der Waals surface area contributed by atoms with Gasteiger partial charge in [-0.2, -0.15) is 5.26 Å². The van der Waals surface area contributed by atoms with E-state index in [9.17, 15) is 19.9 Å². The first kappa shape index (κ1) is 34.3. The summed E-state index contributed by atoms with van der Waals surface area (Å²) in [6.45, 7) is 3.53. The maximum absolute atomic E-state index is 14.7. The standard InChI is InChI=1S/C37H40ClFN4O4/c38-33-19-28(24-41-12-3-4-13-43(14-16-44)15-17-45)36(46-25-27-18-26(21-40)22-42-23-27)20-37(33)47-35-11-10-30-29(7-5-8-32(30)35)31-6-1-2-9-34(31)39/h1-2,5-9,18-20,22-23,35,41,44-45H,3-4,10-17,24-25H2/t35-/m0/s1. The third-order valence-corrected chi connectivity index (χ3v) is 8.60. The molecule has 5 rings (SSSR count). The molecule has 47 heavy (non-hydrogen) atoms. The predicted octanol–water partition coefficient (Wildman–Crippen LogP) is 6.21. The van der Waals surface area contributed by atoms with Gasteiger partial charge in [0, 0.05) is 54.8 Å². The Morgan fingerprint density at radius 1 is 0.979 bits per heavy atom. The average molecular weight is 659 g/mol. The van der Waals surface area contributed by atoms with Crippen LogP contribution in [-0.2, 0) is 19.6 Å². The van der Waals surface area contributed by atoms with Crippen molar-refractivity contribution in [3.05, 3.63) is 112 Å². The minimum atomic E-state index is -0.251. The zero-order valence-corrected chi connectivity index (χ0v) is 27.1. The Bertz CT molecular complexity index is 1670. The molecule has 0 spiro atoms. The van der Waals surface area contributed by atoms with Crippen LogP contribution in [0.2, 0.25) is 5.02 Å². The highest BCUT2D eigenvalue weighted by molar-refractivity contribution is 6.32. The van der Waals surface area contributed by atoms with Crippen LogP contribution in [0.25, 0.3) is 11.1 Å². The number of nitrogens with zero attached hydrogens (tertiary/aromatic N) is 3. The number of aliphatic hydroxyl groups is 2. The number of pyridine rings is 1. The summed E-state index contributed by atoms with van der Waals surface area (Å²) in [5, 5.41) is 31.7. The van der Waals surface area contributed by atoms with E-state index in [1.54, 1.807) is 24.4 Å². The molecule has 3 N–H and O–H groups in total. The van der Waals surface area contributed by atoms with Gasteiger partial charge < -0.3 is 25.0 Å². The lowest BCUT2D eigenvalue weighted by Crippen LogP contribution is -2.31. The molecule has 0 amide bonds. The van der Waals surface area contributed by atoms with Gasteiger partial charge in [-0.1, -0.05) is 48.0 Å². The Morgan fingerprint density at radius 2 is 1.79 bits per heavy atom. The topological polar surface area (TPSA) is 111 Å². The Labute approximate surface area is 280 Å². The van der Waals surface area contributed by atoms with Gasteiger partial charge in [0.25, 0.3) is 0 Å². The van der Waals surface area contributed by atoms with Crippen LogP contribution < -0.4 is 14.8 Å². The molecule has 10 heteroatoms. The van der Waals surface area contributed by atoms with Crippen LogP contribution in [0.15, 0.2) is 73.1 Å². The number of ether oxygens (including phenoxy) is 2. The number of aromatic nitrogens is 1. The van der Waals surface area contributed by atoms with Crippen molar-refractivity contribution in [2.75, 3.05) is 39.4 Å². The smallest absolute Gasteiger partial charge is 0.142 e. The zero-order valence-electron chi connectivity index (χ0n) is 26.3. The van der Waals surface area contributed by atoms with E-state index in [0.29, 0.717) is 47.3 Å². The second-order valence-electron chi connectivity index (χ2n) is 11.5. The maximum Gasteiger partial charge on any atom is 0.142 e. The number of aliphatic hydroxyl groups excluding tert-OH is 2. The van der Waals surface area contributed by atoms with Gasteiger partial charge in [-0.25, -0.2) is 4.39 Å². The summed E-state index contributed by atoms with van der Waals surface area (Å²) in [6, 6.07) is 20.3. The van der Waals surface area contributed by atoms with Gasteiger partial charge in [0.1, 0.15) is 36.1 Å². The lowest BCUT2D eigenvalue weighted by Gasteiger charge is -2.20. The van der Waals surface area contributed by atoms with Crippen LogP contribution in [-0.4, -0.2) is 59.5 Å². The number of nitrogens with one attached hydrogen (secondary N) is 1. The van der Waals surface area contributed by atoms with Gasteiger partial charge >= 0.3 is 0 Å². The summed E-state index contributed by atoms with van der Waals surface area (Å²) in [7, 11) is 0. The van der Waals surface area contributed by atoms with Crippen LogP contribution in [0.5, 0.6) is 11.5 Å². The summed E-state index contributed by atoms with van der Waals surface area (Å²) in [5.41, 5.74) is 5.65. The van der Waals surface area contributed by atoms with Gasteiger partial charge in [0.15, 0.2) is 0 Å². The Kier molecular flexibility index (Phi) is 12.6. The number of hydrogen-bond acceptors (Lipinski definition) is 8. The molecule has 0 fully saturated rings. The molecule has 1 aliphatic carbocycles. The first-order valence-electron chi connectivity index (χ1n) is 16.0. The van der Waals surface area contributed by atoms with Crippen molar-refractivity contribution < 1.29 is 24.1 Å². The van der Waals surface area contributed by atoms with E-state index in [2.05, 4.69) is 16.4 Å². The number of fused-ring (bicyclic) bond motifs is 1. The summed E-state index contributed by atoms with van der Waals surface area (Å²) in [6.07, 6.45) is 6.26. The Balaban J connectivity index is 1.30. The van der Waals surface area contributed by atoms with Gasteiger partial charge in [-0.3, -0.25) is 9.88 Å². The lowest BCUT2D eigenvalue weighted by molar-refractivity contribution is 0.159. The van der Waals surface area contributed by atoms with Crippen molar-refractivity contribution in [2.24, 2.45) is 0 Å². The van der Waals surface area contributed by atoms with Crippen LogP contribution >= 0.6 is 11.6 Å². The molecule has 8 nitrogen and oxygen atoms in total. The predicted molar refractivity (Wildman–Crippen MR) is 180 cm³/mol. The maximum atomic E-state index is 14.7. The molecule has 246 valence electrons. The summed E-state index contributed by atoms with van der Waals surface area (Å²) in [4.78, 5) is 6.19. The van der Waals surface area contributed by atoms with Crippen molar-refractivity contribution in [2.45, 2.75) is 44.9 Å². The van der Waals surface area contributed by atoms with E-state index in [-0.39, 0.29) is 31.7 Å². The number of halogens is 2. The SMILES string of the molecule is N#Cc1cncc(COc2cc(O[C@H]3CCc4c(-c5ccccc5F)cccc43)c(Cl)cc2CNCCCCN(CCO)CCO)c1. The molecule has 0 bridgehead atoms. The lowest BCUT2D eigenvalue weighted by atomic mass is 9.96. The normalized spacial score (nSPS) is 13.8. The van der Waals surface area contributed by atoms with Gasteiger partial charge in [-0.15, -0.1) is 0 Å². The monoisotopic (exact) mass is 658 g/mol. The molecule has 1 heterocycles. The summed E-state index contributed by atoms with van der Waals surface area (Å²) in [5.74, 6) is 0.853. The molecule has 1 atom stereocenters. The fourth-order valence-electron chi connectivity index (χ4n) is 5.98. The van der Waals surface area contributed by atoms with Crippen molar-refractivity contribution in [1.82, 2.24) is 15.2 Å². The molecule has 1 aromatic heterocycles. The molecule has 4 aromatic rings. The number of hydrogen-bond donors (Lipinski definition) is 3. The fraction of sp³-hybridized carbons (Fsp3) is 0.351.